The molecule has 4 nitrogen and oxygen atoms in total. The third-order valence-electron chi connectivity index (χ3n) is 2.67. The second-order valence-electron chi connectivity index (χ2n) is 4.21. The molecule has 2 aromatic rings. The maximum atomic E-state index is 12.0. The molecule has 1 amide bonds. The number of nitrogens with one attached hydrogen (secondary N) is 1. The van der Waals surface area contributed by atoms with Gasteiger partial charge in [-0.2, -0.15) is 0 Å². The van der Waals surface area contributed by atoms with Gasteiger partial charge in [0.25, 0.3) is 5.91 Å². The molecule has 0 fully saturated rings. The zero-order valence-corrected chi connectivity index (χ0v) is 11.9. The van der Waals surface area contributed by atoms with Gasteiger partial charge in [-0.1, -0.05) is 6.07 Å². The molecule has 2 aromatic carbocycles. The number of nitrogen functional groups attached to an aromatic ring is 1. The van der Waals surface area contributed by atoms with Crippen LogP contribution in [-0.4, -0.2) is 11.0 Å². The van der Waals surface area contributed by atoms with Gasteiger partial charge in [-0.15, -0.1) is 0 Å². The van der Waals surface area contributed by atoms with Crippen LogP contribution in [-0.2, 0) is 0 Å². The van der Waals surface area contributed by atoms with Gasteiger partial charge >= 0.3 is 0 Å². The molecule has 0 heterocycles. The molecule has 0 radical (unpaired) electrons. The van der Waals surface area contributed by atoms with Crippen molar-refractivity contribution >= 4 is 33.2 Å². The Kier molecular flexibility index (Phi) is 3.76. The number of hydrogen-bond acceptors (Lipinski definition) is 3. The molecule has 0 saturated carbocycles. The molecule has 0 spiro atoms. The number of benzene rings is 2. The number of phenolic OH excluding ortho intramolecular Hbond substituents is 1. The number of hydrogen-bond donors (Lipinski definition) is 3. The Morgan fingerprint density at radius 3 is 2.68 bits per heavy atom. The van der Waals surface area contributed by atoms with E-state index in [1.807, 2.05) is 13.0 Å². The number of carbonyl (C=O) groups excluding carboxylic acids is 1. The zero-order valence-electron chi connectivity index (χ0n) is 10.3. The quantitative estimate of drug-likeness (QED) is 0.743. The van der Waals surface area contributed by atoms with E-state index < -0.39 is 0 Å². The summed E-state index contributed by atoms with van der Waals surface area (Å²) < 4.78 is 0.541. The predicted octanol–water partition coefficient (Wildman–Crippen LogP) is 3.30. The zero-order chi connectivity index (χ0) is 14.0. The SMILES string of the molecule is Cc1ccc(N)c(NC(=O)c2ccc(Br)c(O)c2)c1. The van der Waals surface area contributed by atoms with Crippen LogP contribution in [0, 0.1) is 6.92 Å². The van der Waals surface area contributed by atoms with Crippen LogP contribution < -0.4 is 11.1 Å². The van der Waals surface area contributed by atoms with Crippen LogP contribution in [0.3, 0.4) is 0 Å². The van der Waals surface area contributed by atoms with Gasteiger partial charge in [0, 0.05) is 5.56 Å². The van der Waals surface area contributed by atoms with Gasteiger partial charge in [-0.3, -0.25) is 4.79 Å². The highest BCUT2D eigenvalue weighted by Gasteiger charge is 2.10. The van der Waals surface area contributed by atoms with Crippen molar-refractivity contribution in [2.45, 2.75) is 6.92 Å². The number of aromatic hydroxyl groups is 1. The van der Waals surface area contributed by atoms with E-state index in [1.54, 1.807) is 24.3 Å². The number of phenols is 1. The summed E-state index contributed by atoms with van der Waals surface area (Å²) in [7, 11) is 0. The number of amides is 1. The average molecular weight is 321 g/mol. The lowest BCUT2D eigenvalue weighted by Crippen LogP contribution is -2.13. The number of nitrogens with two attached hydrogens (primary N) is 1. The van der Waals surface area contributed by atoms with Crippen molar-refractivity contribution in [1.82, 2.24) is 0 Å². The minimum Gasteiger partial charge on any atom is -0.507 e. The highest BCUT2D eigenvalue weighted by atomic mass is 79.9. The molecular weight excluding hydrogens is 308 g/mol. The fraction of sp³-hybridized carbons (Fsp3) is 0.0714. The Labute approximate surface area is 119 Å². The van der Waals surface area contributed by atoms with Crippen LogP contribution in [0.25, 0.3) is 0 Å². The summed E-state index contributed by atoms with van der Waals surface area (Å²) in [6.45, 7) is 1.92. The van der Waals surface area contributed by atoms with Gasteiger partial charge in [-0.05, 0) is 58.7 Å². The lowest BCUT2D eigenvalue weighted by atomic mass is 10.1. The first-order valence-electron chi connectivity index (χ1n) is 5.63. The van der Waals surface area contributed by atoms with Crippen LogP contribution in [0.4, 0.5) is 11.4 Å². The first-order chi connectivity index (χ1) is 8.97. The standard InChI is InChI=1S/C14H13BrN2O2/c1-8-2-5-11(16)12(6-8)17-14(19)9-3-4-10(15)13(18)7-9/h2-7,18H,16H2,1H3,(H,17,19). The van der Waals surface area contributed by atoms with Gasteiger partial charge in [0.2, 0.25) is 0 Å². The first kappa shape index (κ1) is 13.4. The van der Waals surface area contributed by atoms with Crippen LogP contribution in [0.2, 0.25) is 0 Å². The highest BCUT2D eigenvalue weighted by molar-refractivity contribution is 9.10. The molecule has 0 unspecified atom stereocenters. The Morgan fingerprint density at radius 2 is 2.00 bits per heavy atom. The Morgan fingerprint density at radius 1 is 1.26 bits per heavy atom. The minimum atomic E-state index is -0.319. The van der Waals surface area contributed by atoms with Crippen molar-refractivity contribution in [3.05, 3.63) is 52.0 Å². The molecule has 0 aliphatic rings. The van der Waals surface area contributed by atoms with E-state index >= 15 is 0 Å². The summed E-state index contributed by atoms with van der Waals surface area (Å²) in [6, 6.07) is 10.0. The average Bonchev–Trinajstić information content (AvgIpc) is 2.37. The Bertz CT molecular complexity index is 641. The summed E-state index contributed by atoms with van der Waals surface area (Å²) in [5.41, 5.74) is 8.23. The largest absolute Gasteiger partial charge is 0.507 e. The fourth-order valence-electron chi connectivity index (χ4n) is 1.63. The normalized spacial score (nSPS) is 10.2. The number of rotatable bonds is 2. The number of aryl methyl sites for hydroxylation is 1. The summed E-state index contributed by atoms with van der Waals surface area (Å²) >= 11 is 3.16. The third kappa shape index (κ3) is 3.06. The molecule has 0 aromatic heterocycles. The molecule has 98 valence electrons. The van der Waals surface area contributed by atoms with Gasteiger partial charge in [0.1, 0.15) is 5.75 Å². The lowest BCUT2D eigenvalue weighted by Gasteiger charge is -2.09. The molecule has 0 aliphatic carbocycles. The van der Waals surface area contributed by atoms with Gasteiger partial charge in [0.05, 0.1) is 15.8 Å². The number of halogens is 1. The fourth-order valence-corrected chi connectivity index (χ4v) is 1.87. The predicted molar refractivity (Wildman–Crippen MR) is 79.4 cm³/mol. The van der Waals surface area contributed by atoms with Crippen LogP contribution in [0.15, 0.2) is 40.9 Å². The third-order valence-corrected chi connectivity index (χ3v) is 3.34. The Hall–Kier alpha value is -2.01. The molecule has 0 atom stereocenters. The summed E-state index contributed by atoms with van der Waals surface area (Å²) in [5, 5.41) is 12.3. The Balaban J connectivity index is 2.25. The van der Waals surface area contributed by atoms with Crippen LogP contribution in [0.1, 0.15) is 15.9 Å². The molecule has 0 saturated heterocycles. The summed E-state index contributed by atoms with van der Waals surface area (Å²) in [6.07, 6.45) is 0. The molecule has 0 aliphatic heterocycles. The topological polar surface area (TPSA) is 75.3 Å². The highest BCUT2D eigenvalue weighted by Crippen LogP contribution is 2.25. The monoisotopic (exact) mass is 320 g/mol. The van der Waals surface area contributed by atoms with Crippen LogP contribution >= 0.6 is 15.9 Å². The van der Waals surface area contributed by atoms with E-state index in [1.165, 1.54) is 6.07 Å². The second-order valence-corrected chi connectivity index (χ2v) is 5.07. The van der Waals surface area contributed by atoms with E-state index in [4.69, 9.17) is 5.73 Å². The number of anilines is 2. The maximum absolute atomic E-state index is 12.0. The molecule has 2 rings (SSSR count). The van der Waals surface area contributed by atoms with Crippen molar-refractivity contribution in [2.75, 3.05) is 11.1 Å². The van der Waals surface area contributed by atoms with E-state index in [9.17, 15) is 9.90 Å². The minimum absolute atomic E-state index is 0.0184. The molecule has 4 N–H and O–H groups in total. The van der Waals surface area contributed by atoms with E-state index in [2.05, 4.69) is 21.2 Å². The molecular formula is C14H13BrN2O2. The summed E-state index contributed by atoms with van der Waals surface area (Å²) in [5.74, 6) is -0.301. The van der Waals surface area contributed by atoms with Crippen molar-refractivity contribution < 1.29 is 9.90 Å². The van der Waals surface area contributed by atoms with Gasteiger partial charge in [0.15, 0.2) is 0 Å². The smallest absolute Gasteiger partial charge is 0.255 e. The van der Waals surface area contributed by atoms with Crippen molar-refractivity contribution in [1.29, 1.82) is 0 Å². The summed E-state index contributed by atoms with van der Waals surface area (Å²) in [4.78, 5) is 12.0. The van der Waals surface area contributed by atoms with Gasteiger partial charge < -0.3 is 16.2 Å². The molecule has 5 heteroatoms. The van der Waals surface area contributed by atoms with E-state index in [0.29, 0.717) is 21.4 Å². The van der Waals surface area contributed by atoms with Crippen LogP contribution in [0.5, 0.6) is 5.75 Å². The lowest BCUT2D eigenvalue weighted by molar-refractivity contribution is 0.102. The van der Waals surface area contributed by atoms with E-state index in [0.717, 1.165) is 5.56 Å². The van der Waals surface area contributed by atoms with Crippen molar-refractivity contribution in [3.8, 4) is 5.75 Å². The number of carbonyl (C=O) groups is 1. The van der Waals surface area contributed by atoms with Crippen molar-refractivity contribution in [3.63, 3.8) is 0 Å². The first-order valence-corrected chi connectivity index (χ1v) is 6.42. The van der Waals surface area contributed by atoms with Gasteiger partial charge in [-0.25, -0.2) is 0 Å². The van der Waals surface area contributed by atoms with Crippen molar-refractivity contribution in [2.24, 2.45) is 0 Å². The molecule has 0 bridgehead atoms. The second kappa shape index (κ2) is 5.32. The van der Waals surface area contributed by atoms with E-state index in [-0.39, 0.29) is 11.7 Å². The molecule has 19 heavy (non-hydrogen) atoms. The maximum Gasteiger partial charge on any atom is 0.255 e.